The highest BCUT2D eigenvalue weighted by atomic mass is 16.5. The van der Waals surface area contributed by atoms with Gasteiger partial charge in [-0.2, -0.15) is 0 Å². The minimum absolute atomic E-state index is 0.237. The number of carbonyl (C=O) groups excluding carboxylic acids is 1. The zero-order chi connectivity index (χ0) is 15.5. The van der Waals surface area contributed by atoms with Crippen molar-refractivity contribution in [1.29, 1.82) is 0 Å². The molecule has 0 unspecified atom stereocenters. The summed E-state index contributed by atoms with van der Waals surface area (Å²) < 4.78 is 5.41. The number of rotatable bonds is 3. The maximum atomic E-state index is 12.6. The first-order valence-electron chi connectivity index (χ1n) is 8.67. The maximum Gasteiger partial charge on any atom is 0.320 e. The van der Waals surface area contributed by atoms with E-state index >= 15 is 0 Å². The third-order valence-corrected chi connectivity index (χ3v) is 5.32. The van der Waals surface area contributed by atoms with Crippen LogP contribution in [0.5, 0.6) is 0 Å². The number of hydrogen-bond acceptors (Lipinski definition) is 4. The van der Waals surface area contributed by atoms with E-state index in [-0.39, 0.29) is 6.03 Å². The molecule has 126 valence electrons. The lowest BCUT2D eigenvalue weighted by molar-refractivity contribution is 0.0751. The van der Waals surface area contributed by atoms with E-state index in [1.165, 1.54) is 0 Å². The monoisotopic (exact) mass is 310 g/mol. The second-order valence-electron chi connectivity index (χ2n) is 7.12. The molecule has 0 spiro atoms. The molecule has 3 rings (SSSR count). The van der Waals surface area contributed by atoms with Gasteiger partial charge in [0, 0.05) is 57.5 Å². The van der Waals surface area contributed by atoms with E-state index < -0.39 is 0 Å². The molecule has 1 N–H and O–H groups in total. The average Bonchev–Trinajstić information content (AvgIpc) is 3.17. The third-order valence-electron chi connectivity index (χ3n) is 5.32. The average molecular weight is 310 g/mol. The summed E-state index contributed by atoms with van der Waals surface area (Å²) in [6.07, 6.45) is 4.37. The predicted molar refractivity (Wildman–Crippen MR) is 86.0 cm³/mol. The van der Waals surface area contributed by atoms with Gasteiger partial charge in [0.15, 0.2) is 0 Å². The van der Waals surface area contributed by atoms with Crippen molar-refractivity contribution in [2.45, 2.75) is 43.8 Å². The summed E-state index contributed by atoms with van der Waals surface area (Å²) in [4.78, 5) is 18.9. The Hall–Kier alpha value is -0.850. The van der Waals surface area contributed by atoms with Gasteiger partial charge >= 0.3 is 6.03 Å². The molecule has 3 heterocycles. The first kappa shape index (κ1) is 16.0. The van der Waals surface area contributed by atoms with Gasteiger partial charge in [0.25, 0.3) is 0 Å². The molecule has 22 heavy (non-hydrogen) atoms. The summed E-state index contributed by atoms with van der Waals surface area (Å²) in [5.41, 5.74) is 0. The van der Waals surface area contributed by atoms with Crippen LogP contribution in [0.1, 0.15) is 25.7 Å². The van der Waals surface area contributed by atoms with Crippen LogP contribution in [0.2, 0.25) is 0 Å². The van der Waals surface area contributed by atoms with Crippen LogP contribution >= 0.6 is 0 Å². The second kappa shape index (κ2) is 7.15. The lowest BCUT2D eigenvalue weighted by atomic mass is 10.1. The SMILES string of the molecule is CN(C)[C@H]1CCN(C(=O)N2CC[C@@H](NC3CCOCC3)C2)C1. The van der Waals surface area contributed by atoms with Gasteiger partial charge in [-0.1, -0.05) is 0 Å². The lowest BCUT2D eigenvalue weighted by Gasteiger charge is -2.28. The Balaban J connectivity index is 1.44. The van der Waals surface area contributed by atoms with Crippen molar-refractivity contribution < 1.29 is 9.53 Å². The van der Waals surface area contributed by atoms with E-state index in [0.29, 0.717) is 18.1 Å². The van der Waals surface area contributed by atoms with Crippen molar-refractivity contribution in [2.75, 3.05) is 53.5 Å². The van der Waals surface area contributed by atoms with E-state index in [0.717, 1.165) is 65.1 Å². The Morgan fingerprint density at radius 1 is 1.00 bits per heavy atom. The van der Waals surface area contributed by atoms with Crippen molar-refractivity contribution in [3.63, 3.8) is 0 Å². The number of nitrogens with zero attached hydrogens (tertiary/aromatic N) is 3. The summed E-state index contributed by atoms with van der Waals surface area (Å²) in [7, 11) is 4.20. The van der Waals surface area contributed by atoms with Gasteiger partial charge in [0.1, 0.15) is 0 Å². The molecular formula is C16H30N4O2. The molecule has 0 aromatic carbocycles. The molecule has 3 aliphatic rings. The fourth-order valence-corrected chi connectivity index (χ4v) is 3.80. The van der Waals surface area contributed by atoms with Crippen molar-refractivity contribution >= 4 is 6.03 Å². The Labute approximate surface area is 133 Å². The largest absolute Gasteiger partial charge is 0.381 e. The highest BCUT2D eigenvalue weighted by molar-refractivity contribution is 5.75. The third kappa shape index (κ3) is 3.73. The molecule has 0 aromatic heterocycles. The molecule has 0 aliphatic carbocycles. The summed E-state index contributed by atoms with van der Waals surface area (Å²) in [5.74, 6) is 0. The fourth-order valence-electron chi connectivity index (χ4n) is 3.80. The molecule has 0 aromatic rings. The lowest BCUT2D eigenvalue weighted by Crippen LogP contribution is -2.46. The van der Waals surface area contributed by atoms with Crippen molar-refractivity contribution in [3.8, 4) is 0 Å². The fraction of sp³-hybridized carbons (Fsp3) is 0.938. The van der Waals surface area contributed by atoms with Gasteiger partial charge in [-0.05, 0) is 39.8 Å². The number of hydrogen-bond donors (Lipinski definition) is 1. The van der Waals surface area contributed by atoms with Gasteiger partial charge in [-0.25, -0.2) is 4.79 Å². The van der Waals surface area contributed by atoms with Crippen LogP contribution in [0, 0.1) is 0 Å². The van der Waals surface area contributed by atoms with Gasteiger partial charge in [0.2, 0.25) is 0 Å². The summed E-state index contributed by atoms with van der Waals surface area (Å²) in [5, 5.41) is 3.72. The molecule has 2 atom stereocenters. The molecule has 2 amide bonds. The zero-order valence-corrected chi connectivity index (χ0v) is 14.0. The molecule has 3 aliphatic heterocycles. The van der Waals surface area contributed by atoms with E-state index in [2.05, 4.69) is 24.3 Å². The van der Waals surface area contributed by atoms with Gasteiger partial charge in [-0.15, -0.1) is 0 Å². The predicted octanol–water partition coefficient (Wildman–Crippen LogP) is 0.585. The highest BCUT2D eigenvalue weighted by Crippen LogP contribution is 2.19. The molecule has 0 saturated carbocycles. The Morgan fingerprint density at radius 2 is 1.68 bits per heavy atom. The number of nitrogens with one attached hydrogen (secondary N) is 1. The number of amides is 2. The summed E-state index contributed by atoms with van der Waals surface area (Å²) in [6.45, 7) is 5.26. The number of ether oxygens (including phenoxy) is 1. The normalized spacial score (nSPS) is 30.5. The number of likely N-dealkylation sites (tertiary alicyclic amines) is 2. The summed E-state index contributed by atoms with van der Waals surface area (Å²) in [6, 6.07) is 1.78. The molecular weight excluding hydrogens is 280 g/mol. The van der Waals surface area contributed by atoms with Crippen LogP contribution in [0.3, 0.4) is 0 Å². The van der Waals surface area contributed by atoms with Crippen molar-refractivity contribution in [2.24, 2.45) is 0 Å². The first-order valence-corrected chi connectivity index (χ1v) is 8.67. The topological polar surface area (TPSA) is 48.0 Å². The van der Waals surface area contributed by atoms with Crippen LogP contribution in [-0.4, -0.2) is 92.3 Å². The van der Waals surface area contributed by atoms with Crippen molar-refractivity contribution in [1.82, 2.24) is 20.0 Å². The quantitative estimate of drug-likeness (QED) is 0.829. The highest BCUT2D eigenvalue weighted by Gasteiger charge is 2.34. The van der Waals surface area contributed by atoms with Crippen LogP contribution in [0.25, 0.3) is 0 Å². The zero-order valence-electron chi connectivity index (χ0n) is 14.0. The number of carbonyl (C=O) groups is 1. The minimum atomic E-state index is 0.237. The van der Waals surface area contributed by atoms with Crippen molar-refractivity contribution in [3.05, 3.63) is 0 Å². The van der Waals surface area contributed by atoms with E-state index in [4.69, 9.17) is 4.74 Å². The molecule has 6 nitrogen and oxygen atoms in total. The molecule has 0 radical (unpaired) electrons. The number of likely N-dealkylation sites (N-methyl/N-ethyl adjacent to an activating group) is 1. The Bertz CT molecular complexity index is 384. The molecule has 6 heteroatoms. The van der Waals surface area contributed by atoms with E-state index in [1.807, 2.05) is 9.80 Å². The number of urea groups is 1. The standard InChI is InChI=1S/C16H30N4O2/c1-18(2)15-4-8-20(12-15)16(21)19-7-3-14(11-19)17-13-5-9-22-10-6-13/h13-15,17H,3-12H2,1-2H3/t14-,15+/m1/s1. The first-order chi connectivity index (χ1) is 10.6. The van der Waals surface area contributed by atoms with Crippen LogP contribution < -0.4 is 5.32 Å². The molecule has 3 fully saturated rings. The Morgan fingerprint density at radius 3 is 2.36 bits per heavy atom. The van der Waals surface area contributed by atoms with E-state index in [1.54, 1.807) is 0 Å². The van der Waals surface area contributed by atoms with Gasteiger partial charge in [0.05, 0.1) is 0 Å². The van der Waals surface area contributed by atoms with Gasteiger partial charge in [-0.3, -0.25) is 0 Å². The van der Waals surface area contributed by atoms with Crippen LogP contribution in [-0.2, 0) is 4.74 Å². The van der Waals surface area contributed by atoms with Crippen LogP contribution in [0.4, 0.5) is 4.79 Å². The maximum absolute atomic E-state index is 12.6. The molecule has 3 saturated heterocycles. The van der Waals surface area contributed by atoms with Crippen LogP contribution in [0.15, 0.2) is 0 Å². The van der Waals surface area contributed by atoms with E-state index in [9.17, 15) is 4.79 Å². The smallest absolute Gasteiger partial charge is 0.320 e. The van der Waals surface area contributed by atoms with Gasteiger partial charge < -0.3 is 24.8 Å². The molecule has 0 bridgehead atoms. The summed E-state index contributed by atoms with van der Waals surface area (Å²) >= 11 is 0. The second-order valence-corrected chi connectivity index (χ2v) is 7.12. The Kier molecular flexibility index (Phi) is 5.21. The minimum Gasteiger partial charge on any atom is -0.381 e.